The van der Waals surface area contributed by atoms with Crippen LogP contribution < -0.4 is 4.74 Å². The van der Waals surface area contributed by atoms with Gasteiger partial charge in [0.2, 0.25) is 5.95 Å². The molecule has 8 aromatic carbocycles. The van der Waals surface area contributed by atoms with E-state index in [2.05, 4.69) is 162 Å². The van der Waals surface area contributed by atoms with E-state index in [-0.39, 0.29) is 0 Å². The smallest absolute Gasteiger partial charge is 0.238 e. The van der Waals surface area contributed by atoms with Gasteiger partial charge in [0.15, 0.2) is 11.6 Å². The number of hydrogen-bond acceptors (Lipinski definition) is 4. The highest BCUT2D eigenvalue weighted by molar-refractivity contribution is 6.13. The van der Waals surface area contributed by atoms with Gasteiger partial charge in [-0.05, 0) is 51.6 Å². The maximum absolute atomic E-state index is 7.13. The zero-order valence-electron chi connectivity index (χ0n) is 30.7. The van der Waals surface area contributed by atoms with E-state index in [1.165, 1.54) is 22.3 Å². The molecule has 5 nitrogen and oxygen atoms in total. The van der Waals surface area contributed by atoms with E-state index in [1.54, 1.807) is 0 Å². The molecule has 2 aliphatic rings. The molecule has 0 fully saturated rings. The van der Waals surface area contributed by atoms with Crippen LogP contribution in [0, 0.1) is 0 Å². The SMILES string of the molecule is c1ccc(-c2ccc(-c3nc(-c4ccccc4)nc(-n4c5ccccc5c5c6c(ccc54)C4(c5ccccc5O6)c5ccccc5-c5ccccc54)n3)cc2)cc1. The number of ether oxygens (including phenoxy) is 1. The van der Waals surface area contributed by atoms with Gasteiger partial charge in [0, 0.05) is 27.6 Å². The second kappa shape index (κ2) is 12.2. The van der Waals surface area contributed by atoms with Crippen molar-refractivity contribution in [1.82, 2.24) is 19.5 Å². The van der Waals surface area contributed by atoms with Crippen LogP contribution in [-0.2, 0) is 5.41 Å². The second-order valence-corrected chi connectivity index (χ2v) is 14.7. The summed E-state index contributed by atoms with van der Waals surface area (Å²) in [6.45, 7) is 0. The van der Waals surface area contributed by atoms with Crippen molar-refractivity contribution in [2.75, 3.05) is 0 Å². The number of nitrogens with zero attached hydrogens (tertiary/aromatic N) is 4. The van der Waals surface area contributed by atoms with Crippen molar-refractivity contribution in [1.29, 1.82) is 0 Å². The van der Waals surface area contributed by atoms with Gasteiger partial charge in [-0.2, -0.15) is 9.97 Å². The molecule has 1 aliphatic heterocycles. The molecule has 0 radical (unpaired) electrons. The van der Waals surface area contributed by atoms with Gasteiger partial charge in [-0.15, -0.1) is 0 Å². The maximum Gasteiger partial charge on any atom is 0.238 e. The van der Waals surface area contributed by atoms with E-state index in [0.29, 0.717) is 17.6 Å². The third-order valence-electron chi connectivity index (χ3n) is 11.8. The summed E-state index contributed by atoms with van der Waals surface area (Å²) >= 11 is 0. The minimum Gasteiger partial charge on any atom is -0.456 e. The van der Waals surface area contributed by atoms with Gasteiger partial charge in [0.1, 0.15) is 11.5 Å². The van der Waals surface area contributed by atoms with Gasteiger partial charge >= 0.3 is 0 Å². The molecule has 10 aromatic rings. The van der Waals surface area contributed by atoms with E-state index in [0.717, 1.165) is 66.7 Å². The van der Waals surface area contributed by atoms with Crippen LogP contribution >= 0.6 is 0 Å². The number of benzene rings is 8. The second-order valence-electron chi connectivity index (χ2n) is 14.7. The number of hydrogen-bond donors (Lipinski definition) is 0. The molecule has 57 heavy (non-hydrogen) atoms. The highest BCUT2D eigenvalue weighted by Gasteiger charge is 2.51. The zero-order valence-corrected chi connectivity index (χ0v) is 30.7. The van der Waals surface area contributed by atoms with E-state index in [1.807, 2.05) is 36.4 Å². The van der Waals surface area contributed by atoms with Gasteiger partial charge in [-0.25, -0.2) is 4.98 Å². The van der Waals surface area contributed by atoms with Crippen LogP contribution in [0.1, 0.15) is 22.3 Å². The van der Waals surface area contributed by atoms with Crippen molar-refractivity contribution in [2.45, 2.75) is 5.41 Å². The number of fused-ring (bicyclic) bond motifs is 13. The fourth-order valence-corrected chi connectivity index (χ4v) is 9.33. The van der Waals surface area contributed by atoms with Crippen molar-refractivity contribution in [3.8, 4) is 62.5 Å². The molecule has 0 bridgehead atoms. The average Bonchev–Trinajstić information content (AvgIpc) is 3.78. The standard InChI is InChI=1S/C52H32N4O/c1-3-15-33(16-4-1)34-27-29-36(30-28-34)50-53-49(35-17-5-2-6-18-35)54-51(55-50)56-44-25-13-9-21-39(44)47-45(56)32-31-43-48(47)57-46-26-14-12-24-42(46)52(43)40-22-10-7-19-37(40)38-20-8-11-23-41(38)52/h1-32H. The fourth-order valence-electron chi connectivity index (χ4n) is 9.33. The van der Waals surface area contributed by atoms with Crippen LogP contribution in [0.5, 0.6) is 11.5 Å². The molecular formula is C52H32N4O. The molecule has 5 heteroatoms. The molecule has 0 unspecified atom stereocenters. The summed E-state index contributed by atoms with van der Waals surface area (Å²) in [6.07, 6.45) is 0. The minimum absolute atomic E-state index is 0.541. The summed E-state index contributed by atoms with van der Waals surface area (Å²) < 4.78 is 9.31. The van der Waals surface area contributed by atoms with Crippen molar-refractivity contribution >= 4 is 21.8 Å². The largest absolute Gasteiger partial charge is 0.456 e. The Balaban J connectivity index is 1.13. The van der Waals surface area contributed by atoms with Crippen LogP contribution in [-0.4, -0.2) is 19.5 Å². The predicted octanol–water partition coefficient (Wildman–Crippen LogP) is 12.4. The molecule has 0 saturated heterocycles. The Labute approximate surface area is 329 Å². The first-order valence-electron chi connectivity index (χ1n) is 19.3. The quantitative estimate of drug-likeness (QED) is 0.181. The molecule has 0 amide bonds. The molecule has 1 spiro atoms. The summed E-state index contributed by atoms with van der Waals surface area (Å²) in [5.41, 5.74) is 12.8. The lowest BCUT2D eigenvalue weighted by Crippen LogP contribution is -2.32. The van der Waals surface area contributed by atoms with Crippen molar-refractivity contribution < 1.29 is 4.74 Å². The lowest BCUT2D eigenvalue weighted by Gasteiger charge is -2.39. The molecule has 3 heterocycles. The van der Waals surface area contributed by atoms with Gasteiger partial charge < -0.3 is 4.74 Å². The normalized spacial score (nSPS) is 13.2. The van der Waals surface area contributed by atoms with E-state index < -0.39 is 5.41 Å². The Morgan fingerprint density at radius 2 is 0.912 bits per heavy atom. The van der Waals surface area contributed by atoms with Crippen molar-refractivity contribution in [2.24, 2.45) is 0 Å². The molecule has 0 atom stereocenters. The lowest BCUT2D eigenvalue weighted by molar-refractivity contribution is 0.442. The molecule has 0 saturated carbocycles. The number of para-hydroxylation sites is 2. The Hall–Kier alpha value is -7.63. The molecule has 12 rings (SSSR count). The first-order chi connectivity index (χ1) is 28.3. The average molecular weight is 729 g/mol. The van der Waals surface area contributed by atoms with Crippen molar-refractivity contribution in [3.63, 3.8) is 0 Å². The predicted molar refractivity (Wildman–Crippen MR) is 228 cm³/mol. The first kappa shape index (κ1) is 31.7. The van der Waals surface area contributed by atoms with Gasteiger partial charge in [-0.1, -0.05) is 176 Å². The monoisotopic (exact) mass is 728 g/mol. The highest BCUT2D eigenvalue weighted by Crippen LogP contribution is 2.63. The van der Waals surface area contributed by atoms with Crippen molar-refractivity contribution in [3.05, 3.63) is 216 Å². The van der Waals surface area contributed by atoms with Crippen LogP contribution in [0.3, 0.4) is 0 Å². The number of aromatic nitrogens is 4. The Morgan fingerprint density at radius 1 is 0.386 bits per heavy atom. The Kier molecular flexibility index (Phi) is 6.78. The van der Waals surface area contributed by atoms with E-state index >= 15 is 0 Å². The maximum atomic E-state index is 7.13. The summed E-state index contributed by atoms with van der Waals surface area (Å²) in [6, 6.07) is 68.2. The molecular weight excluding hydrogens is 697 g/mol. The van der Waals surface area contributed by atoms with Crippen LogP contribution in [0.4, 0.5) is 0 Å². The van der Waals surface area contributed by atoms with Crippen LogP contribution in [0.25, 0.3) is 72.8 Å². The molecule has 2 aromatic heterocycles. The third kappa shape index (κ3) is 4.54. The van der Waals surface area contributed by atoms with Crippen LogP contribution in [0.2, 0.25) is 0 Å². The summed E-state index contributed by atoms with van der Waals surface area (Å²) in [5, 5.41) is 2.09. The minimum atomic E-state index is -0.568. The van der Waals surface area contributed by atoms with Gasteiger partial charge in [0.25, 0.3) is 0 Å². The van der Waals surface area contributed by atoms with Crippen LogP contribution in [0.15, 0.2) is 194 Å². The Morgan fingerprint density at radius 3 is 1.61 bits per heavy atom. The molecule has 1 aliphatic carbocycles. The zero-order chi connectivity index (χ0) is 37.5. The highest BCUT2D eigenvalue weighted by atomic mass is 16.5. The van der Waals surface area contributed by atoms with E-state index in [4.69, 9.17) is 19.7 Å². The first-order valence-corrected chi connectivity index (χ1v) is 19.3. The third-order valence-corrected chi connectivity index (χ3v) is 11.8. The fraction of sp³-hybridized carbons (Fsp3) is 0.0192. The molecule has 266 valence electrons. The van der Waals surface area contributed by atoms with Gasteiger partial charge in [-0.3, -0.25) is 4.57 Å². The van der Waals surface area contributed by atoms with Gasteiger partial charge in [0.05, 0.1) is 21.8 Å². The topological polar surface area (TPSA) is 52.8 Å². The number of rotatable bonds is 4. The lowest BCUT2D eigenvalue weighted by atomic mass is 9.66. The summed E-state index contributed by atoms with van der Waals surface area (Å²) in [7, 11) is 0. The molecule has 0 N–H and O–H groups in total. The summed E-state index contributed by atoms with van der Waals surface area (Å²) in [5.74, 6) is 3.45. The summed E-state index contributed by atoms with van der Waals surface area (Å²) in [4.78, 5) is 15.5. The Bertz CT molecular complexity index is 3160. The van der Waals surface area contributed by atoms with E-state index in [9.17, 15) is 0 Å².